The molecule has 0 fully saturated rings. The first-order chi connectivity index (χ1) is 13.6. The van der Waals surface area contributed by atoms with Crippen LogP contribution < -0.4 is 10.1 Å². The summed E-state index contributed by atoms with van der Waals surface area (Å²) in [5.74, 6) is 0.432. The number of halogens is 2. The van der Waals surface area contributed by atoms with Gasteiger partial charge in [0.1, 0.15) is 11.6 Å². The Morgan fingerprint density at radius 2 is 1.89 bits per heavy atom. The number of carbonyl (C=O) groups is 1. The number of hydrogen-bond acceptors (Lipinski definition) is 6. The fourth-order valence-corrected chi connectivity index (χ4v) is 2.57. The summed E-state index contributed by atoms with van der Waals surface area (Å²) in [5.41, 5.74) is 1.66. The van der Waals surface area contributed by atoms with Crippen molar-refractivity contribution in [3.63, 3.8) is 0 Å². The summed E-state index contributed by atoms with van der Waals surface area (Å²) in [7, 11) is 0. The number of nitrogens with zero attached hydrogens (tertiary/aromatic N) is 3. The number of ether oxygens (including phenoxy) is 1. The third kappa shape index (κ3) is 3.78. The van der Waals surface area contributed by atoms with Gasteiger partial charge in [-0.2, -0.15) is 8.78 Å². The number of hydrogen-bond donors (Lipinski definition) is 1. The maximum absolute atomic E-state index is 12.4. The number of pyridine rings is 2. The average molecular weight is 382 g/mol. The molecule has 7 nitrogen and oxygen atoms in total. The average Bonchev–Trinajstić information content (AvgIpc) is 3.22. The normalized spacial score (nSPS) is 11.0. The molecule has 1 amide bonds. The van der Waals surface area contributed by atoms with Crippen molar-refractivity contribution in [1.82, 2.24) is 15.0 Å². The van der Waals surface area contributed by atoms with Crippen LogP contribution in [0.25, 0.3) is 22.2 Å². The van der Waals surface area contributed by atoms with Gasteiger partial charge in [0.05, 0.1) is 17.9 Å². The molecule has 0 saturated carbocycles. The molecule has 28 heavy (non-hydrogen) atoms. The van der Waals surface area contributed by atoms with E-state index in [-0.39, 0.29) is 11.3 Å². The lowest BCUT2D eigenvalue weighted by Gasteiger charge is -2.07. The standard InChI is InChI=1S/C19H12F2N4O3/c20-19(21)28-14-3-1-11(2-4-14)18(26)25-17-6-12-5-13(16-9-22-10-27-16)7-23-15(12)8-24-17/h1-10,19H,(H,24,25,26). The van der Waals surface area contributed by atoms with E-state index in [2.05, 4.69) is 25.0 Å². The molecular formula is C19H12F2N4O3. The Hall–Kier alpha value is -3.88. The Morgan fingerprint density at radius 1 is 1.07 bits per heavy atom. The first-order valence-electron chi connectivity index (χ1n) is 8.09. The quantitative estimate of drug-likeness (QED) is 0.558. The minimum absolute atomic E-state index is 0.0265. The number of carbonyl (C=O) groups excluding carboxylic acids is 1. The zero-order chi connectivity index (χ0) is 19.5. The molecule has 0 aliphatic heterocycles. The van der Waals surface area contributed by atoms with Crippen LogP contribution in [0, 0.1) is 0 Å². The molecule has 3 aromatic heterocycles. The summed E-state index contributed by atoms with van der Waals surface area (Å²) in [6.45, 7) is -2.92. The minimum atomic E-state index is -2.92. The van der Waals surface area contributed by atoms with Crippen LogP contribution in [0.15, 0.2) is 65.8 Å². The van der Waals surface area contributed by atoms with Crippen LogP contribution in [-0.2, 0) is 0 Å². The Morgan fingerprint density at radius 3 is 2.61 bits per heavy atom. The SMILES string of the molecule is O=C(Nc1cc2cc(-c3cnco3)cnc2cn1)c1ccc(OC(F)F)cc1. The van der Waals surface area contributed by atoms with Gasteiger partial charge in [-0.05, 0) is 36.4 Å². The molecule has 4 aromatic rings. The van der Waals surface area contributed by atoms with Crippen LogP contribution in [-0.4, -0.2) is 27.5 Å². The summed E-state index contributed by atoms with van der Waals surface area (Å²) >= 11 is 0. The van der Waals surface area contributed by atoms with Gasteiger partial charge in [0.2, 0.25) is 0 Å². The highest BCUT2D eigenvalue weighted by Gasteiger charge is 2.10. The van der Waals surface area contributed by atoms with Crippen molar-refractivity contribution in [2.24, 2.45) is 0 Å². The van der Waals surface area contributed by atoms with E-state index in [0.717, 1.165) is 10.9 Å². The highest BCUT2D eigenvalue weighted by atomic mass is 19.3. The molecule has 3 heterocycles. The molecule has 0 aliphatic carbocycles. The van der Waals surface area contributed by atoms with Crippen molar-refractivity contribution in [2.75, 3.05) is 5.32 Å². The second-order valence-corrected chi connectivity index (χ2v) is 5.71. The Balaban J connectivity index is 1.54. The number of alkyl halides is 2. The summed E-state index contributed by atoms with van der Waals surface area (Å²) in [5, 5.41) is 3.41. The molecule has 1 N–H and O–H groups in total. The van der Waals surface area contributed by atoms with Crippen LogP contribution in [0.5, 0.6) is 5.75 Å². The monoisotopic (exact) mass is 382 g/mol. The number of rotatable bonds is 5. The van der Waals surface area contributed by atoms with Crippen LogP contribution >= 0.6 is 0 Å². The summed E-state index contributed by atoms with van der Waals surface area (Å²) < 4.78 is 33.9. The van der Waals surface area contributed by atoms with Crippen molar-refractivity contribution in [1.29, 1.82) is 0 Å². The van der Waals surface area contributed by atoms with E-state index in [0.29, 0.717) is 17.1 Å². The van der Waals surface area contributed by atoms with Crippen molar-refractivity contribution in [2.45, 2.75) is 6.61 Å². The Bertz CT molecular complexity index is 1120. The highest BCUT2D eigenvalue weighted by Crippen LogP contribution is 2.23. The second-order valence-electron chi connectivity index (χ2n) is 5.71. The molecule has 9 heteroatoms. The smallest absolute Gasteiger partial charge is 0.387 e. The van der Waals surface area contributed by atoms with Crippen LogP contribution in [0.2, 0.25) is 0 Å². The van der Waals surface area contributed by atoms with Gasteiger partial charge in [-0.15, -0.1) is 0 Å². The molecule has 0 bridgehead atoms. The number of nitrogens with one attached hydrogen (secondary N) is 1. The maximum Gasteiger partial charge on any atom is 0.387 e. The van der Waals surface area contributed by atoms with Crippen LogP contribution in [0.4, 0.5) is 14.6 Å². The van der Waals surface area contributed by atoms with Gasteiger partial charge < -0.3 is 14.5 Å². The molecule has 0 spiro atoms. The molecule has 140 valence electrons. The molecule has 0 unspecified atom stereocenters. The largest absolute Gasteiger partial charge is 0.443 e. The van der Waals surface area contributed by atoms with E-state index >= 15 is 0 Å². The van der Waals surface area contributed by atoms with E-state index in [1.54, 1.807) is 18.5 Å². The predicted molar refractivity (Wildman–Crippen MR) is 96.1 cm³/mol. The lowest BCUT2D eigenvalue weighted by molar-refractivity contribution is -0.0498. The van der Waals surface area contributed by atoms with Crippen molar-refractivity contribution >= 4 is 22.6 Å². The van der Waals surface area contributed by atoms with E-state index < -0.39 is 12.5 Å². The Kier molecular flexibility index (Phi) is 4.63. The number of amides is 1. The zero-order valence-electron chi connectivity index (χ0n) is 14.2. The van der Waals surface area contributed by atoms with Crippen molar-refractivity contribution < 1.29 is 22.7 Å². The van der Waals surface area contributed by atoms with Gasteiger partial charge in [-0.3, -0.25) is 9.78 Å². The van der Waals surface area contributed by atoms with Gasteiger partial charge in [-0.25, -0.2) is 9.97 Å². The third-order valence-electron chi connectivity index (χ3n) is 3.87. The minimum Gasteiger partial charge on any atom is -0.443 e. The molecule has 0 saturated heterocycles. The van der Waals surface area contributed by atoms with E-state index in [1.807, 2.05) is 6.07 Å². The van der Waals surface area contributed by atoms with Gasteiger partial charge in [0.15, 0.2) is 12.2 Å². The molecule has 4 rings (SSSR count). The fraction of sp³-hybridized carbons (Fsp3) is 0.0526. The first-order valence-corrected chi connectivity index (χ1v) is 8.09. The number of fused-ring (bicyclic) bond motifs is 1. The van der Waals surface area contributed by atoms with E-state index in [9.17, 15) is 13.6 Å². The molecule has 0 radical (unpaired) electrons. The lowest BCUT2D eigenvalue weighted by Crippen LogP contribution is -2.13. The number of oxazole rings is 1. The fourth-order valence-electron chi connectivity index (χ4n) is 2.57. The molecule has 1 aromatic carbocycles. The lowest BCUT2D eigenvalue weighted by atomic mass is 10.1. The predicted octanol–water partition coefficient (Wildman–Crippen LogP) is 4.14. The molecule has 0 aliphatic rings. The summed E-state index contributed by atoms with van der Waals surface area (Å²) in [6, 6.07) is 8.88. The topological polar surface area (TPSA) is 90.1 Å². The van der Waals surface area contributed by atoms with Crippen LogP contribution in [0.1, 0.15) is 10.4 Å². The second kappa shape index (κ2) is 7.39. The van der Waals surface area contributed by atoms with Gasteiger partial charge in [-0.1, -0.05) is 0 Å². The third-order valence-corrected chi connectivity index (χ3v) is 3.87. The first kappa shape index (κ1) is 17.5. The van der Waals surface area contributed by atoms with Crippen molar-refractivity contribution in [3.05, 3.63) is 66.9 Å². The van der Waals surface area contributed by atoms with E-state index in [4.69, 9.17) is 4.42 Å². The van der Waals surface area contributed by atoms with Gasteiger partial charge in [0.25, 0.3) is 5.91 Å². The summed E-state index contributed by atoms with van der Waals surface area (Å²) in [4.78, 5) is 24.7. The number of aromatic nitrogens is 3. The Labute approximate surface area is 157 Å². The number of anilines is 1. The van der Waals surface area contributed by atoms with Gasteiger partial charge >= 0.3 is 6.61 Å². The van der Waals surface area contributed by atoms with Crippen LogP contribution in [0.3, 0.4) is 0 Å². The van der Waals surface area contributed by atoms with Crippen molar-refractivity contribution in [3.8, 4) is 17.1 Å². The zero-order valence-corrected chi connectivity index (χ0v) is 14.2. The maximum atomic E-state index is 12.4. The highest BCUT2D eigenvalue weighted by molar-refractivity contribution is 6.04. The summed E-state index contributed by atoms with van der Waals surface area (Å²) in [6.07, 6.45) is 6.09. The molecule has 0 atom stereocenters. The number of benzene rings is 1. The van der Waals surface area contributed by atoms with E-state index in [1.165, 1.54) is 36.9 Å². The van der Waals surface area contributed by atoms with Gasteiger partial charge in [0, 0.05) is 22.7 Å². The molecular weight excluding hydrogens is 370 g/mol.